The lowest BCUT2D eigenvalue weighted by molar-refractivity contribution is -0.121. The minimum atomic E-state index is -3.69. The number of nitrogens with one attached hydrogen (secondary N) is 1. The van der Waals surface area contributed by atoms with Crippen molar-refractivity contribution in [2.45, 2.75) is 50.9 Å². The van der Waals surface area contributed by atoms with Crippen LogP contribution in [-0.2, 0) is 24.3 Å². The van der Waals surface area contributed by atoms with Gasteiger partial charge in [0, 0.05) is 26.2 Å². The Labute approximate surface area is 184 Å². The van der Waals surface area contributed by atoms with Gasteiger partial charge in [-0.05, 0) is 45.9 Å². The van der Waals surface area contributed by atoms with Crippen LogP contribution in [0.25, 0.3) is 0 Å². The van der Waals surface area contributed by atoms with E-state index in [1.165, 1.54) is 16.4 Å². The maximum atomic E-state index is 13.0. The molecule has 0 bridgehead atoms. The highest BCUT2D eigenvalue weighted by atomic mass is 32.2. The fourth-order valence-electron chi connectivity index (χ4n) is 3.87. The van der Waals surface area contributed by atoms with Gasteiger partial charge in [-0.1, -0.05) is 0 Å². The van der Waals surface area contributed by atoms with Crippen molar-refractivity contribution in [1.82, 2.24) is 9.21 Å². The topological polar surface area (TPSA) is 97.4 Å². The van der Waals surface area contributed by atoms with Crippen molar-refractivity contribution in [2.75, 3.05) is 51.3 Å². The summed E-state index contributed by atoms with van der Waals surface area (Å²) in [6, 6.07) is 4.59. The molecule has 0 spiro atoms. The third-order valence-electron chi connectivity index (χ3n) is 5.06. The summed E-state index contributed by atoms with van der Waals surface area (Å²) in [6.45, 7) is 10.6. The van der Waals surface area contributed by atoms with Crippen molar-refractivity contribution in [3.63, 3.8) is 0 Å². The minimum absolute atomic E-state index is 0.0541. The maximum absolute atomic E-state index is 13.0. The summed E-state index contributed by atoms with van der Waals surface area (Å²) >= 11 is 0. The van der Waals surface area contributed by atoms with Crippen molar-refractivity contribution in [1.29, 1.82) is 0 Å². The predicted molar refractivity (Wildman–Crippen MR) is 117 cm³/mol. The Kier molecular flexibility index (Phi) is 7.92. The number of carbonyl (C=O) groups is 1. The number of benzene rings is 1. The number of carbonyl (C=O) groups excluding carboxylic acids is 1. The summed E-state index contributed by atoms with van der Waals surface area (Å²) in [7, 11) is -3.69. The second-order valence-corrected chi connectivity index (χ2v) is 10.3. The van der Waals surface area contributed by atoms with Crippen LogP contribution in [0.15, 0.2) is 23.1 Å². The Morgan fingerprint density at radius 3 is 2.45 bits per heavy atom. The molecule has 0 aromatic heterocycles. The lowest BCUT2D eigenvalue weighted by Gasteiger charge is -2.34. The SMILES string of the molecule is CC(C)Oc1ccc(S(=O)(=O)N2CCOCC2)cc1NC(=O)CN1CC(C)OC(C)C1. The van der Waals surface area contributed by atoms with Gasteiger partial charge >= 0.3 is 0 Å². The van der Waals surface area contributed by atoms with Gasteiger partial charge in [0.2, 0.25) is 15.9 Å². The molecule has 3 rings (SSSR count). The van der Waals surface area contributed by atoms with E-state index < -0.39 is 10.0 Å². The first-order valence-corrected chi connectivity index (χ1v) is 12.2. The standard InChI is InChI=1S/C21H33N3O6S/c1-15(2)29-20-6-5-18(31(26,27)24-7-9-28-10-8-24)11-19(20)22-21(25)14-23-12-16(3)30-17(4)13-23/h5-6,11,15-17H,7-10,12-14H2,1-4H3,(H,22,25). The van der Waals surface area contributed by atoms with Crippen LogP contribution in [0.4, 0.5) is 5.69 Å². The zero-order valence-corrected chi connectivity index (χ0v) is 19.5. The Morgan fingerprint density at radius 1 is 1.19 bits per heavy atom. The highest BCUT2D eigenvalue weighted by Gasteiger charge is 2.28. The van der Waals surface area contributed by atoms with E-state index in [4.69, 9.17) is 14.2 Å². The first-order valence-electron chi connectivity index (χ1n) is 10.7. The van der Waals surface area contributed by atoms with Crippen LogP contribution in [0.1, 0.15) is 27.7 Å². The molecule has 0 saturated carbocycles. The molecule has 2 unspecified atom stereocenters. The molecule has 2 saturated heterocycles. The zero-order valence-electron chi connectivity index (χ0n) is 18.7. The Balaban J connectivity index is 1.79. The third-order valence-corrected chi connectivity index (χ3v) is 6.95. The fraction of sp³-hybridized carbons (Fsp3) is 0.667. The van der Waals surface area contributed by atoms with E-state index in [-0.39, 0.29) is 35.7 Å². The van der Waals surface area contributed by atoms with Gasteiger partial charge in [-0.2, -0.15) is 4.31 Å². The molecule has 1 aromatic rings. The number of rotatable bonds is 7. The van der Waals surface area contributed by atoms with E-state index in [1.54, 1.807) is 6.07 Å². The Hall–Kier alpha value is -1.72. The minimum Gasteiger partial charge on any atom is -0.489 e. The van der Waals surface area contributed by atoms with Crippen molar-refractivity contribution in [3.8, 4) is 5.75 Å². The average Bonchev–Trinajstić information content (AvgIpc) is 2.68. The Bertz CT molecular complexity index is 860. The van der Waals surface area contributed by atoms with Crippen molar-refractivity contribution >= 4 is 21.6 Å². The average molecular weight is 456 g/mol. The molecule has 9 nitrogen and oxygen atoms in total. The number of amides is 1. The second kappa shape index (κ2) is 10.3. The third kappa shape index (κ3) is 6.39. The molecule has 2 fully saturated rings. The highest BCUT2D eigenvalue weighted by Crippen LogP contribution is 2.30. The van der Waals surface area contributed by atoms with Crippen LogP contribution < -0.4 is 10.1 Å². The van der Waals surface area contributed by atoms with E-state index in [0.717, 1.165) is 0 Å². The first-order chi connectivity index (χ1) is 14.6. The van der Waals surface area contributed by atoms with Crippen LogP contribution in [0, 0.1) is 0 Å². The van der Waals surface area contributed by atoms with E-state index >= 15 is 0 Å². The summed E-state index contributed by atoms with van der Waals surface area (Å²) in [4.78, 5) is 14.9. The fourth-order valence-corrected chi connectivity index (χ4v) is 5.30. The molecule has 0 radical (unpaired) electrons. The van der Waals surface area contributed by atoms with E-state index in [1.807, 2.05) is 32.6 Å². The van der Waals surface area contributed by atoms with Crippen LogP contribution in [0.2, 0.25) is 0 Å². The summed E-state index contributed by atoms with van der Waals surface area (Å²) in [5, 5.41) is 2.85. The summed E-state index contributed by atoms with van der Waals surface area (Å²) in [5.41, 5.74) is 0.349. The van der Waals surface area contributed by atoms with E-state index in [9.17, 15) is 13.2 Å². The maximum Gasteiger partial charge on any atom is 0.243 e. The quantitative estimate of drug-likeness (QED) is 0.666. The number of hydrogen-bond donors (Lipinski definition) is 1. The van der Waals surface area contributed by atoms with Gasteiger partial charge in [0.25, 0.3) is 0 Å². The number of hydrogen-bond acceptors (Lipinski definition) is 7. The molecule has 0 aliphatic carbocycles. The van der Waals surface area contributed by atoms with Gasteiger partial charge in [0.15, 0.2) is 0 Å². The Morgan fingerprint density at radius 2 is 1.84 bits per heavy atom. The number of morpholine rings is 2. The smallest absolute Gasteiger partial charge is 0.243 e. The zero-order chi connectivity index (χ0) is 22.6. The molecule has 2 atom stereocenters. The van der Waals surface area contributed by atoms with E-state index in [2.05, 4.69) is 5.32 Å². The van der Waals surface area contributed by atoms with Crippen molar-refractivity contribution < 1.29 is 27.4 Å². The molecule has 174 valence electrons. The molecular weight excluding hydrogens is 422 g/mol. The molecule has 10 heteroatoms. The molecule has 1 aromatic carbocycles. The van der Waals surface area contributed by atoms with Crippen molar-refractivity contribution in [3.05, 3.63) is 18.2 Å². The number of sulfonamides is 1. The lowest BCUT2D eigenvalue weighted by Crippen LogP contribution is -2.48. The van der Waals surface area contributed by atoms with Gasteiger partial charge < -0.3 is 19.5 Å². The molecular formula is C21H33N3O6S. The second-order valence-electron chi connectivity index (χ2n) is 8.34. The first kappa shape index (κ1) is 23.9. The summed E-state index contributed by atoms with van der Waals surface area (Å²) in [6.07, 6.45) is -0.0185. The van der Waals surface area contributed by atoms with Crippen molar-refractivity contribution in [2.24, 2.45) is 0 Å². The number of anilines is 1. The predicted octanol–water partition coefficient (Wildman–Crippen LogP) is 1.54. The van der Waals surface area contributed by atoms with Crippen LogP contribution in [-0.4, -0.2) is 87.8 Å². The molecule has 2 aliphatic rings. The van der Waals surface area contributed by atoms with Crippen LogP contribution >= 0.6 is 0 Å². The molecule has 2 aliphatic heterocycles. The van der Waals surface area contributed by atoms with E-state index in [0.29, 0.717) is 50.8 Å². The molecule has 2 heterocycles. The van der Waals surface area contributed by atoms with Gasteiger partial charge in [0.1, 0.15) is 5.75 Å². The monoisotopic (exact) mass is 455 g/mol. The number of nitrogens with zero attached hydrogens (tertiary/aromatic N) is 2. The molecule has 1 amide bonds. The van der Waals surface area contributed by atoms with Gasteiger partial charge in [-0.3, -0.25) is 9.69 Å². The molecule has 1 N–H and O–H groups in total. The molecule has 31 heavy (non-hydrogen) atoms. The van der Waals surface area contributed by atoms with Crippen LogP contribution in [0.5, 0.6) is 5.75 Å². The van der Waals surface area contributed by atoms with Crippen LogP contribution in [0.3, 0.4) is 0 Å². The number of ether oxygens (including phenoxy) is 3. The summed E-state index contributed by atoms with van der Waals surface area (Å²) in [5.74, 6) is 0.212. The highest BCUT2D eigenvalue weighted by molar-refractivity contribution is 7.89. The largest absolute Gasteiger partial charge is 0.489 e. The van der Waals surface area contributed by atoms with Gasteiger partial charge in [-0.25, -0.2) is 8.42 Å². The van der Waals surface area contributed by atoms with Gasteiger partial charge in [0.05, 0.1) is 48.7 Å². The lowest BCUT2D eigenvalue weighted by atomic mass is 10.2. The summed E-state index contributed by atoms with van der Waals surface area (Å²) < 4.78 is 44.3. The normalized spacial score (nSPS) is 23.6. The van der Waals surface area contributed by atoms with Gasteiger partial charge in [-0.15, -0.1) is 0 Å².